The number of benzene rings is 1. The highest BCUT2D eigenvalue weighted by Crippen LogP contribution is 2.49. The number of nitrogens with one attached hydrogen (secondary N) is 1. The summed E-state index contributed by atoms with van der Waals surface area (Å²) in [6.45, 7) is -0.830. The van der Waals surface area contributed by atoms with Gasteiger partial charge in [-0.25, -0.2) is 9.48 Å². The third kappa shape index (κ3) is 8.19. The number of nitrogens with zero attached hydrogens (tertiary/aromatic N) is 5. The minimum atomic E-state index is -6.40. The van der Waals surface area contributed by atoms with E-state index < -0.39 is 96.7 Å². The Kier molecular flexibility index (Phi) is 10.9. The molecule has 2 fully saturated rings. The Bertz CT molecular complexity index is 1990. The van der Waals surface area contributed by atoms with Crippen LogP contribution in [-0.2, 0) is 35.9 Å². The van der Waals surface area contributed by atoms with Gasteiger partial charge in [-0.05, 0) is 49.8 Å². The molecule has 2 heterocycles. The van der Waals surface area contributed by atoms with Gasteiger partial charge < -0.3 is 19.3 Å². The van der Waals surface area contributed by atoms with E-state index in [0.29, 0.717) is 17.5 Å². The summed E-state index contributed by atoms with van der Waals surface area (Å²) in [4.78, 5) is 50.1. The Hall–Kier alpha value is -5.46. The van der Waals surface area contributed by atoms with Crippen molar-refractivity contribution in [3.8, 4) is 23.0 Å². The molecule has 5 rings (SSSR count). The van der Waals surface area contributed by atoms with E-state index in [2.05, 4.69) is 10.2 Å². The second-order valence-electron chi connectivity index (χ2n) is 12.1. The summed E-state index contributed by atoms with van der Waals surface area (Å²) in [5.41, 5.74) is -6.76. The van der Waals surface area contributed by atoms with E-state index in [0.717, 1.165) is 28.5 Å². The number of amides is 1. The van der Waals surface area contributed by atoms with Gasteiger partial charge in [0.05, 0.1) is 35.7 Å². The van der Waals surface area contributed by atoms with E-state index in [1.54, 1.807) is 0 Å². The molecule has 0 unspecified atom stereocenters. The molecule has 2 atom stereocenters. The summed E-state index contributed by atoms with van der Waals surface area (Å²) in [6.07, 6.45) is -13.0. The van der Waals surface area contributed by atoms with Crippen LogP contribution in [-0.4, -0.2) is 84.6 Å². The number of H-pyrrole nitrogens is 1. The summed E-state index contributed by atoms with van der Waals surface area (Å²) in [6, 6.07) is 5.57. The molecule has 2 aliphatic rings. The number of ether oxygens (including phenoxy) is 3. The fourth-order valence-corrected chi connectivity index (χ4v) is 5.75. The van der Waals surface area contributed by atoms with Crippen LogP contribution < -0.4 is 0 Å². The number of aliphatic carboxylic acids is 1. The number of carbonyl (C=O) groups excluding carboxylic acids is 3. The van der Waals surface area contributed by atoms with Crippen molar-refractivity contribution >= 4 is 35.6 Å². The molecule has 0 saturated heterocycles. The lowest BCUT2D eigenvalue weighted by molar-refractivity contribution is -0.292. The second-order valence-corrected chi connectivity index (χ2v) is 12.6. The van der Waals surface area contributed by atoms with Crippen molar-refractivity contribution in [3.63, 3.8) is 0 Å². The number of rotatable bonds is 12. The molecule has 2 N–H and O–H groups in total. The van der Waals surface area contributed by atoms with Gasteiger partial charge in [0.1, 0.15) is 29.0 Å². The van der Waals surface area contributed by atoms with E-state index in [1.807, 2.05) is 6.07 Å². The molecule has 0 spiro atoms. The molecule has 0 bridgehead atoms. The summed E-state index contributed by atoms with van der Waals surface area (Å²) in [5, 5.41) is 26.2. The summed E-state index contributed by atoms with van der Waals surface area (Å²) in [5.74, 6) is -10.4. The van der Waals surface area contributed by atoms with Crippen LogP contribution in [0.5, 0.6) is 0 Å². The molecule has 23 heteroatoms. The van der Waals surface area contributed by atoms with Crippen LogP contribution in [0.2, 0.25) is 5.02 Å². The number of hydrogen-bond donors (Lipinski definition) is 2. The Morgan fingerprint density at radius 2 is 1.70 bits per heavy atom. The first-order chi connectivity index (χ1) is 25.2. The third-order valence-corrected chi connectivity index (χ3v) is 8.83. The van der Waals surface area contributed by atoms with Crippen LogP contribution in [0.3, 0.4) is 0 Å². The fourth-order valence-electron chi connectivity index (χ4n) is 5.55. The standard InChI is InChI=1S/C31H25ClF8N6O8/c32-18-5-4-15(16-11-42-46(12-16)25-23(30(35,36)37)24(43-44-25)29(33,34)31(38,39)40)10-17(18)26(50)45(28(13-41)8-9-28)14-52-27(51)54-20-3-1-2-19(20)53-22(49)7-6-21(47)48/h4-5,10-12,19-20H,1-3,6-9,14H2,(H,43,44)(H,47,48)/t19-,20-/m1/s1. The van der Waals surface area contributed by atoms with Gasteiger partial charge in [0.2, 0.25) is 0 Å². The number of carbonyl (C=O) groups is 4. The first kappa shape index (κ1) is 39.7. The van der Waals surface area contributed by atoms with Crippen LogP contribution in [0.25, 0.3) is 16.9 Å². The van der Waals surface area contributed by atoms with E-state index in [9.17, 15) is 59.6 Å². The number of aromatic nitrogens is 4. The molecule has 0 radical (unpaired) electrons. The monoisotopic (exact) mass is 796 g/mol. The predicted octanol–water partition coefficient (Wildman–Crippen LogP) is 6.53. The summed E-state index contributed by atoms with van der Waals surface area (Å²) in [7, 11) is 0. The van der Waals surface area contributed by atoms with Gasteiger partial charge in [-0.2, -0.15) is 50.6 Å². The number of carboxylic acids is 1. The average molecular weight is 797 g/mol. The van der Waals surface area contributed by atoms with Crippen molar-refractivity contribution in [2.75, 3.05) is 6.73 Å². The minimum absolute atomic E-state index is 0.0335. The van der Waals surface area contributed by atoms with Gasteiger partial charge in [0, 0.05) is 11.8 Å². The lowest BCUT2D eigenvalue weighted by Crippen LogP contribution is -2.44. The summed E-state index contributed by atoms with van der Waals surface area (Å²) < 4.78 is 124. The van der Waals surface area contributed by atoms with Crippen molar-refractivity contribution in [3.05, 3.63) is 52.4 Å². The maximum absolute atomic E-state index is 14.0. The maximum Gasteiger partial charge on any atom is 0.510 e. The lowest BCUT2D eigenvalue weighted by atomic mass is 10.0. The number of nitriles is 1. The maximum atomic E-state index is 14.0. The van der Waals surface area contributed by atoms with Gasteiger partial charge in [-0.1, -0.05) is 17.7 Å². The SMILES string of the molecule is N#CC1(N(COC(=O)O[C@@H]2CCC[C@H]2OC(=O)CCC(=O)O)C(=O)c2cc(-c3cnn(-c4n[nH]c(C(F)(F)C(F)(F)F)c4C(F)(F)F)c3)ccc2Cl)CC1. The smallest absolute Gasteiger partial charge is 0.481 e. The van der Waals surface area contributed by atoms with Crippen molar-refractivity contribution in [1.82, 2.24) is 24.9 Å². The molecule has 1 aromatic carbocycles. The largest absolute Gasteiger partial charge is 0.510 e. The van der Waals surface area contributed by atoms with Crippen molar-refractivity contribution in [2.45, 2.75) is 81.0 Å². The quantitative estimate of drug-likeness (QED) is 0.115. The minimum Gasteiger partial charge on any atom is -0.481 e. The van der Waals surface area contributed by atoms with Gasteiger partial charge in [0.15, 0.2) is 12.5 Å². The second kappa shape index (κ2) is 14.8. The molecule has 54 heavy (non-hydrogen) atoms. The molecule has 2 aromatic heterocycles. The lowest BCUT2D eigenvalue weighted by Gasteiger charge is -2.27. The Morgan fingerprint density at radius 1 is 1.04 bits per heavy atom. The Balaban J connectivity index is 1.34. The molecular formula is C31H25ClF8N6O8. The average Bonchev–Trinajstić information content (AvgIpc) is 3.40. The molecule has 1 amide bonds. The first-order valence-corrected chi connectivity index (χ1v) is 16.0. The fraction of sp³-hybridized carbons (Fsp3) is 0.452. The molecule has 2 saturated carbocycles. The van der Waals surface area contributed by atoms with E-state index in [1.165, 1.54) is 12.1 Å². The number of alkyl halides is 8. The topological polar surface area (TPSA) is 190 Å². The highest BCUT2D eigenvalue weighted by molar-refractivity contribution is 6.34. The van der Waals surface area contributed by atoms with Crippen molar-refractivity contribution < 1.29 is 73.6 Å². The van der Waals surface area contributed by atoms with Gasteiger partial charge in [-0.3, -0.25) is 24.4 Å². The highest BCUT2D eigenvalue weighted by Gasteiger charge is 2.63. The summed E-state index contributed by atoms with van der Waals surface area (Å²) >= 11 is 6.30. The van der Waals surface area contributed by atoms with E-state index >= 15 is 0 Å². The zero-order chi connectivity index (χ0) is 39.8. The Labute approximate surface area is 302 Å². The third-order valence-electron chi connectivity index (χ3n) is 8.50. The van der Waals surface area contributed by atoms with Gasteiger partial charge >= 0.3 is 36.4 Å². The highest BCUT2D eigenvalue weighted by atomic mass is 35.5. The van der Waals surface area contributed by atoms with Crippen LogP contribution in [0.4, 0.5) is 39.9 Å². The number of aromatic amines is 1. The molecule has 2 aliphatic carbocycles. The molecule has 0 aliphatic heterocycles. The van der Waals surface area contributed by atoms with Crippen LogP contribution in [0, 0.1) is 11.3 Å². The van der Waals surface area contributed by atoms with Crippen LogP contribution in [0.1, 0.15) is 66.6 Å². The molecular weight excluding hydrogens is 772 g/mol. The molecule has 290 valence electrons. The van der Waals surface area contributed by atoms with E-state index in [-0.39, 0.29) is 41.0 Å². The van der Waals surface area contributed by atoms with Crippen molar-refractivity contribution in [1.29, 1.82) is 5.26 Å². The van der Waals surface area contributed by atoms with Crippen molar-refractivity contribution in [2.24, 2.45) is 0 Å². The zero-order valence-electron chi connectivity index (χ0n) is 27.1. The first-order valence-electron chi connectivity index (χ1n) is 15.6. The van der Waals surface area contributed by atoms with Gasteiger partial charge in [0.25, 0.3) is 5.91 Å². The number of halogens is 9. The Morgan fingerprint density at radius 3 is 2.30 bits per heavy atom. The predicted molar refractivity (Wildman–Crippen MR) is 162 cm³/mol. The number of esters is 1. The normalized spacial score (nSPS) is 18.1. The van der Waals surface area contributed by atoms with Gasteiger partial charge in [-0.15, -0.1) is 0 Å². The zero-order valence-corrected chi connectivity index (χ0v) is 27.9. The molecule has 3 aromatic rings. The number of hydrogen-bond acceptors (Lipinski definition) is 10. The van der Waals surface area contributed by atoms with Crippen LogP contribution >= 0.6 is 11.6 Å². The van der Waals surface area contributed by atoms with Crippen LogP contribution in [0.15, 0.2) is 30.6 Å². The molecule has 14 nitrogen and oxygen atoms in total. The van der Waals surface area contributed by atoms with E-state index in [4.69, 9.17) is 30.9 Å². The number of carboxylic acid groups (broad SMARTS) is 1.